The van der Waals surface area contributed by atoms with Crippen LogP contribution in [0.15, 0.2) is 23.0 Å². The molecule has 2 rings (SSSR count). The Kier molecular flexibility index (Phi) is 2.95. The highest BCUT2D eigenvalue weighted by atomic mass is 16.4. The summed E-state index contributed by atoms with van der Waals surface area (Å²) in [6, 6.07) is 5.84. The van der Waals surface area contributed by atoms with Crippen molar-refractivity contribution in [3.63, 3.8) is 0 Å². The van der Waals surface area contributed by atoms with Gasteiger partial charge in [-0.2, -0.15) is 0 Å². The molecule has 0 aliphatic heterocycles. The van der Waals surface area contributed by atoms with Crippen LogP contribution in [0.2, 0.25) is 0 Å². The van der Waals surface area contributed by atoms with E-state index in [4.69, 9.17) is 5.11 Å². The fraction of sp³-hybridized carbons (Fsp3) is 0.286. The Hall–Kier alpha value is -2.10. The fourth-order valence-electron chi connectivity index (χ4n) is 2.23. The van der Waals surface area contributed by atoms with Crippen LogP contribution in [-0.4, -0.2) is 15.6 Å². The molecule has 0 saturated carbocycles. The van der Waals surface area contributed by atoms with Gasteiger partial charge in [0.1, 0.15) is 0 Å². The minimum absolute atomic E-state index is 0.229. The van der Waals surface area contributed by atoms with E-state index in [1.165, 1.54) is 4.57 Å². The second-order valence-electron chi connectivity index (χ2n) is 4.56. The zero-order valence-electron chi connectivity index (χ0n) is 10.7. The molecule has 0 amide bonds. The SMILES string of the molecule is Cc1ccc2c(C)c(CC(=O)O)c(=O)n(C)c2c1. The van der Waals surface area contributed by atoms with E-state index in [-0.39, 0.29) is 12.0 Å². The standard InChI is InChI=1S/C14H15NO3/c1-8-4-5-10-9(2)11(7-13(16)17)14(18)15(3)12(10)6-8/h4-6H,7H2,1-3H3,(H,16,17). The molecule has 0 saturated heterocycles. The smallest absolute Gasteiger partial charge is 0.308 e. The van der Waals surface area contributed by atoms with Gasteiger partial charge in [-0.1, -0.05) is 12.1 Å². The molecule has 0 spiro atoms. The van der Waals surface area contributed by atoms with Crippen LogP contribution >= 0.6 is 0 Å². The number of aryl methyl sites for hydroxylation is 3. The molecule has 1 heterocycles. The summed E-state index contributed by atoms with van der Waals surface area (Å²) in [4.78, 5) is 23.0. The van der Waals surface area contributed by atoms with Gasteiger partial charge in [-0.3, -0.25) is 9.59 Å². The molecule has 2 aromatic rings. The molecule has 0 aliphatic rings. The van der Waals surface area contributed by atoms with Gasteiger partial charge in [-0.15, -0.1) is 0 Å². The number of carboxylic acid groups (broad SMARTS) is 1. The van der Waals surface area contributed by atoms with Gasteiger partial charge in [0.15, 0.2) is 0 Å². The van der Waals surface area contributed by atoms with Gasteiger partial charge < -0.3 is 9.67 Å². The number of fused-ring (bicyclic) bond motifs is 1. The van der Waals surface area contributed by atoms with Crippen LogP contribution in [0.4, 0.5) is 0 Å². The maximum atomic E-state index is 12.1. The minimum atomic E-state index is -0.985. The van der Waals surface area contributed by atoms with Gasteiger partial charge in [-0.05, 0) is 31.0 Å². The van der Waals surface area contributed by atoms with E-state index in [1.54, 1.807) is 14.0 Å². The summed E-state index contributed by atoms with van der Waals surface area (Å²) in [6.07, 6.45) is -0.234. The van der Waals surface area contributed by atoms with E-state index in [0.29, 0.717) is 5.56 Å². The highest BCUT2D eigenvalue weighted by Gasteiger charge is 2.14. The number of rotatable bonds is 2. The lowest BCUT2D eigenvalue weighted by Crippen LogP contribution is -2.25. The number of hydrogen-bond acceptors (Lipinski definition) is 2. The molecule has 94 valence electrons. The van der Waals surface area contributed by atoms with Crippen LogP contribution in [0, 0.1) is 13.8 Å². The van der Waals surface area contributed by atoms with Crippen molar-refractivity contribution in [1.29, 1.82) is 0 Å². The van der Waals surface area contributed by atoms with E-state index in [9.17, 15) is 9.59 Å². The monoisotopic (exact) mass is 245 g/mol. The first-order valence-electron chi connectivity index (χ1n) is 5.72. The summed E-state index contributed by atoms with van der Waals surface area (Å²) in [5.41, 5.74) is 2.80. The highest BCUT2D eigenvalue weighted by Crippen LogP contribution is 2.20. The van der Waals surface area contributed by atoms with Gasteiger partial charge in [0.2, 0.25) is 0 Å². The Bertz CT molecular complexity index is 698. The molecule has 0 bridgehead atoms. The van der Waals surface area contributed by atoms with Crippen LogP contribution < -0.4 is 5.56 Å². The quantitative estimate of drug-likeness (QED) is 0.877. The van der Waals surface area contributed by atoms with Crippen molar-refractivity contribution in [2.45, 2.75) is 20.3 Å². The van der Waals surface area contributed by atoms with Crippen molar-refractivity contribution >= 4 is 16.9 Å². The van der Waals surface area contributed by atoms with Crippen LogP contribution in [-0.2, 0) is 18.3 Å². The Morgan fingerprint density at radius 1 is 1.33 bits per heavy atom. The second kappa shape index (κ2) is 4.29. The van der Waals surface area contributed by atoms with Crippen LogP contribution in [0.1, 0.15) is 16.7 Å². The summed E-state index contributed by atoms with van der Waals surface area (Å²) < 4.78 is 1.52. The van der Waals surface area contributed by atoms with E-state index >= 15 is 0 Å². The van der Waals surface area contributed by atoms with Gasteiger partial charge in [0.05, 0.1) is 11.9 Å². The third-order valence-corrected chi connectivity index (χ3v) is 3.26. The average molecular weight is 245 g/mol. The van der Waals surface area contributed by atoms with E-state index < -0.39 is 5.97 Å². The molecule has 4 heteroatoms. The highest BCUT2D eigenvalue weighted by molar-refractivity contribution is 5.85. The first kappa shape index (κ1) is 12.4. The molecule has 0 aliphatic carbocycles. The number of benzene rings is 1. The second-order valence-corrected chi connectivity index (χ2v) is 4.56. The molecular weight excluding hydrogens is 230 g/mol. The number of aromatic nitrogens is 1. The van der Waals surface area contributed by atoms with E-state index in [1.807, 2.05) is 25.1 Å². The van der Waals surface area contributed by atoms with Crippen molar-refractivity contribution in [1.82, 2.24) is 4.57 Å². The molecule has 0 fully saturated rings. The third kappa shape index (κ3) is 1.90. The maximum absolute atomic E-state index is 12.1. The molecule has 18 heavy (non-hydrogen) atoms. The van der Waals surface area contributed by atoms with Crippen molar-refractivity contribution in [3.8, 4) is 0 Å². The summed E-state index contributed by atoms with van der Waals surface area (Å²) in [5, 5.41) is 9.80. The molecule has 0 atom stereocenters. The van der Waals surface area contributed by atoms with Gasteiger partial charge >= 0.3 is 5.97 Å². The van der Waals surface area contributed by atoms with Gasteiger partial charge in [0, 0.05) is 18.0 Å². The summed E-state index contributed by atoms with van der Waals surface area (Å²) in [5.74, 6) is -0.985. The Morgan fingerprint density at radius 2 is 2.00 bits per heavy atom. The Balaban J connectivity index is 2.87. The topological polar surface area (TPSA) is 59.3 Å². The lowest BCUT2D eigenvalue weighted by molar-refractivity contribution is -0.136. The van der Waals surface area contributed by atoms with E-state index in [2.05, 4.69) is 0 Å². The molecule has 1 aromatic heterocycles. The molecule has 1 aromatic carbocycles. The summed E-state index contributed by atoms with van der Waals surface area (Å²) >= 11 is 0. The number of nitrogens with zero attached hydrogens (tertiary/aromatic N) is 1. The minimum Gasteiger partial charge on any atom is -0.481 e. The normalized spacial score (nSPS) is 10.8. The van der Waals surface area contributed by atoms with Crippen molar-refractivity contribution in [2.75, 3.05) is 0 Å². The molecule has 1 N–H and O–H groups in total. The predicted octanol–water partition coefficient (Wildman–Crippen LogP) is 1.78. The molecular formula is C14H15NO3. The maximum Gasteiger partial charge on any atom is 0.308 e. The zero-order chi connectivity index (χ0) is 13.4. The fourth-order valence-corrected chi connectivity index (χ4v) is 2.23. The van der Waals surface area contributed by atoms with Crippen LogP contribution in [0.25, 0.3) is 10.9 Å². The number of hydrogen-bond donors (Lipinski definition) is 1. The number of carbonyl (C=O) groups is 1. The van der Waals surface area contributed by atoms with Crippen molar-refractivity contribution < 1.29 is 9.90 Å². The molecule has 0 radical (unpaired) electrons. The lowest BCUT2D eigenvalue weighted by atomic mass is 10.0. The zero-order valence-corrected chi connectivity index (χ0v) is 10.7. The van der Waals surface area contributed by atoms with Crippen molar-refractivity contribution in [2.24, 2.45) is 7.05 Å². The van der Waals surface area contributed by atoms with E-state index in [0.717, 1.165) is 22.0 Å². The average Bonchev–Trinajstić information content (AvgIpc) is 2.31. The Labute approximate surface area is 104 Å². The first-order valence-corrected chi connectivity index (χ1v) is 5.72. The third-order valence-electron chi connectivity index (χ3n) is 3.26. The predicted molar refractivity (Wildman–Crippen MR) is 70.0 cm³/mol. The number of aliphatic carboxylic acids is 1. The van der Waals surface area contributed by atoms with Gasteiger partial charge in [0.25, 0.3) is 5.56 Å². The lowest BCUT2D eigenvalue weighted by Gasteiger charge is -2.12. The number of pyridine rings is 1. The van der Waals surface area contributed by atoms with Gasteiger partial charge in [-0.25, -0.2) is 0 Å². The number of carboxylic acids is 1. The van der Waals surface area contributed by atoms with Crippen LogP contribution in [0.3, 0.4) is 0 Å². The first-order chi connectivity index (χ1) is 8.41. The van der Waals surface area contributed by atoms with Crippen molar-refractivity contribution in [3.05, 3.63) is 45.2 Å². The summed E-state index contributed by atoms with van der Waals surface area (Å²) in [7, 11) is 1.68. The summed E-state index contributed by atoms with van der Waals surface area (Å²) in [6.45, 7) is 3.77. The molecule has 4 nitrogen and oxygen atoms in total. The van der Waals surface area contributed by atoms with Crippen LogP contribution in [0.5, 0.6) is 0 Å². The Morgan fingerprint density at radius 3 is 2.61 bits per heavy atom. The largest absolute Gasteiger partial charge is 0.481 e. The molecule has 0 unspecified atom stereocenters.